The van der Waals surface area contributed by atoms with Crippen molar-refractivity contribution in [2.45, 2.75) is 6.92 Å². The van der Waals surface area contributed by atoms with Gasteiger partial charge in [0.05, 0.1) is 6.61 Å². The van der Waals surface area contributed by atoms with Crippen molar-refractivity contribution in [2.24, 2.45) is 4.99 Å². The lowest BCUT2D eigenvalue weighted by Crippen LogP contribution is -2.06. The summed E-state index contributed by atoms with van der Waals surface area (Å²) < 4.78 is 10.8. The van der Waals surface area contributed by atoms with E-state index in [9.17, 15) is 9.90 Å². The third-order valence-electron chi connectivity index (χ3n) is 4.01. The molecule has 4 heterocycles. The van der Waals surface area contributed by atoms with Gasteiger partial charge in [0.25, 0.3) is 0 Å². The molecule has 4 rings (SSSR count). The molecule has 0 atom stereocenters. The summed E-state index contributed by atoms with van der Waals surface area (Å²) in [6.45, 7) is 1.84. The van der Waals surface area contributed by atoms with Crippen molar-refractivity contribution >= 4 is 41.4 Å². The fraction of sp³-hybridized carbons (Fsp3) is 0.100. The second kappa shape index (κ2) is 7.36. The second-order valence-corrected chi connectivity index (χ2v) is 5.81. The summed E-state index contributed by atoms with van der Waals surface area (Å²) in [5.41, 5.74) is 1.41. The second-order valence-electron chi connectivity index (χ2n) is 5.81. The summed E-state index contributed by atoms with van der Waals surface area (Å²) in [5.74, 6) is 0.154. The number of aromatic hydroxyl groups is 1. The number of nitrogens with one attached hydrogen (secondary N) is 1. The summed E-state index contributed by atoms with van der Waals surface area (Å²) in [5, 5.41) is 13.5. The maximum Gasteiger partial charge on any atom is 0.347 e. The number of ether oxygens (including phenoxy) is 1. The Morgan fingerprint density at radius 2 is 2.11 bits per heavy atom. The average molecular weight is 376 g/mol. The number of carbonyl (C=O) groups is 1. The van der Waals surface area contributed by atoms with Crippen molar-refractivity contribution in [1.82, 2.24) is 9.97 Å². The largest absolute Gasteiger partial charge is 0.504 e. The van der Waals surface area contributed by atoms with Crippen molar-refractivity contribution in [2.75, 3.05) is 11.9 Å². The molecule has 0 radical (unpaired) electrons. The highest BCUT2D eigenvalue weighted by molar-refractivity contribution is 6.21. The standard InChI is InChI=1S/C20H16N4O4/c1-2-27-20(26)16-17(25)14(28-19(16)24-15-7-3-4-8-21-15)10-12-11-23-18-13(12)6-5-9-22-18/h3-11,25H,2H2,1H3,(H,21,24). The van der Waals surface area contributed by atoms with Crippen LogP contribution in [-0.4, -0.2) is 33.9 Å². The number of hydrogen-bond acceptors (Lipinski definition) is 8. The molecule has 2 N–H and O–H groups in total. The van der Waals surface area contributed by atoms with Gasteiger partial charge in [-0.05, 0) is 37.3 Å². The average Bonchev–Trinajstić information content (AvgIpc) is 3.24. The van der Waals surface area contributed by atoms with Crippen molar-refractivity contribution in [1.29, 1.82) is 0 Å². The molecule has 8 nitrogen and oxygen atoms in total. The van der Waals surface area contributed by atoms with Crippen LogP contribution in [0.4, 0.5) is 17.5 Å². The molecule has 0 fully saturated rings. The molecule has 1 aliphatic heterocycles. The maximum atomic E-state index is 12.4. The molecule has 3 aromatic rings. The third-order valence-corrected chi connectivity index (χ3v) is 4.01. The van der Waals surface area contributed by atoms with Crippen LogP contribution in [0.5, 0.6) is 5.75 Å². The number of hydrogen-bond donors (Lipinski definition) is 2. The molecule has 0 amide bonds. The van der Waals surface area contributed by atoms with E-state index in [4.69, 9.17) is 9.15 Å². The Bertz CT molecular complexity index is 1090. The molecule has 0 spiro atoms. The van der Waals surface area contributed by atoms with Gasteiger partial charge in [0.2, 0.25) is 5.88 Å². The van der Waals surface area contributed by atoms with Crippen molar-refractivity contribution in [3.05, 3.63) is 59.6 Å². The zero-order chi connectivity index (χ0) is 19.5. The van der Waals surface area contributed by atoms with Crippen molar-refractivity contribution < 1.29 is 19.1 Å². The Balaban J connectivity index is 1.77. The lowest BCUT2D eigenvalue weighted by molar-refractivity contribution is 0.0524. The number of allylic oxidation sites excluding steroid dienone is 1. The van der Waals surface area contributed by atoms with E-state index >= 15 is 0 Å². The van der Waals surface area contributed by atoms with Crippen LogP contribution < -0.4 is 5.32 Å². The van der Waals surface area contributed by atoms with Gasteiger partial charge >= 0.3 is 5.97 Å². The van der Waals surface area contributed by atoms with Gasteiger partial charge in [-0.2, -0.15) is 0 Å². The van der Waals surface area contributed by atoms with Crippen molar-refractivity contribution in [3.63, 3.8) is 0 Å². The van der Waals surface area contributed by atoms with Crippen LogP contribution in [0.3, 0.4) is 0 Å². The lowest BCUT2D eigenvalue weighted by Gasteiger charge is -2.04. The monoisotopic (exact) mass is 376 g/mol. The van der Waals surface area contributed by atoms with E-state index in [2.05, 4.69) is 20.3 Å². The number of aromatic nitrogens is 2. The molecule has 8 heteroatoms. The van der Waals surface area contributed by atoms with Gasteiger partial charge < -0.3 is 19.6 Å². The smallest absolute Gasteiger partial charge is 0.347 e. The van der Waals surface area contributed by atoms with E-state index < -0.39 is 5.97 Å². The Labute approximate surface area is 160 Å². The molecule has 0 aliphatic carbocycles. The van der Waals surface area contributed by atoms with Gasteiger partial charge in [0.1, 0.15) is 5.82 Å². The van der Waals surface area contributed by atoms with Crippen LogP contribution in [0.2, 0.25) is 0 Å². The van der Waals surface area contributed by atoms with Crippen molar-refractivity contribution in [3.8, 4) is 5.75 Å². The van der Waals surface area contributed by atoms with Crippen LogP contribution in [0.15, 0.2) is 52.1 Å². The summed E-state index contributed by atoms with van der Waals surface area (Å²) >= 11 is 0. The quantitative estimate of drug-likeness (QED) is 0.649. The molecule has 0 saturated carbocycles. The first-order valence-corrected chi connectivity index (χ1v) is 8.59. The Morgan fingerprint density at radius 3 is 2.89 bits per heavy atom. The van der Waals surface area contributed by atoms with E-state index in [1.807, 2.05) is 6.07 Å². The molecule has 3 aromatic heterocycles. The fourth-order valence-corrected chi connectivity index (χ4v) is 2.75. The zero-order valence-corrected chi connectivity index (χ0v) is 14.9. The molecule has 0 saturated heterocycles. The predicted octanol–water partition coefficient (Wildman–Crippen LogP) is 3.95. The van der Waals surface area contributed by atoms with Gasteiger partial charge in [0, 0.05) is 29.7 Å². The molecular formula is C20H16N4O4. The third kappa shape index (κ3) is 3.23. The predicted molar refractivity (Wildman–Crippen MR) is 104 cm³/mol. The Kier molecular flexibility index (Phi) is 4.59. The molecule has 28 heavy (non-hydrogen) atoms. The van der Waals surface area contributed by atoms with Gasteiger partial charge in [-0.15, -0.1) is 0 Å². The highest BCUT2D eigenvalue weighted by Gasteiger charge is 2.27. The van der Waals surface area contributed by atoms with Crippen LogP contribution in [-0.2, 0) is 4.74 Å². The number of anilines is 2. The highest BCUT2D eigenvalue weighted by atomic mass is 16.5. The first-order valence-electron chi connectivity index (χ1n) is 8.59. The number of furan rings is 1. The molecule has 0 aromatic carbocycles. The SMILES string of the molecule is CCOC(=O)c1c(Nc2ccccn2)oc(C=C2C=Nc3ncccc32)c1O. The molecule has 140 valence electrons. The van der Waals surface area contributed by atoms with Gasteiger partial charge in [-0.1, -0.05) is 6.07 Å². The number of pyridine rings is 2. The van der Waals surface area contributed by atoms with Gasteiger partial charge in [0.15, 0.2) is 22.9 Å². The van der Waals surface area contributed by atoms with Crippen LogP contribution >= 0.6 is 0 Å². The van der Waals surface area contributed by atoms with Crippen LogP contribution in [0, 0.1) is 0 Å². The fourth-order valence-electron chi connectivity index (χ4n) is 2.75. The minimum Gasteiger partial charge on any atom is -0.504 e. The number of esters is 1. The highest BCUT2D eigenvalue weighted by Crippen LogP contribution is 2.39. The van der Waals surface area contributed by atoms with Crippen LogP contribution in [0.25, 0.3) is 11.6 Å². The minimum absolute atomic E-state index is 0.0443. The summed E-state index contributed by atoms with van der Waals surface area (Å²) in [4.78, 5) is 24.9. The van der Waals surface area contributed by atoms with E-state index in [0.29, 0.717) is 17.2 Å². The summed E-state index contributed by atoms with van der Waals surface area (Å²) in [6.07, 6.45) is 6.46. The van der Waals surface area contributed by atoms with Gasteiger partial charge in [-0.3, -0.25) is 0 Å². The minimum atomic E-state index is -0.700. The normalized spacial score (nSPS) is 13.5. The molecule has 1 aliphatic rings. The Morgan fingerprint density at radius 1 is 1.25 bits per heavy atom. The number of rotatable bonds is 5. The van der Waals surface area contributed by atoms with E-state index in [0.717, 1.165) is 5.56 Å². The lowest BCUT2D eigenvalue weighted by atomic mass is 10.1. The van der Waals surface area contributed by atoms with E-state index in [-0.39, 0.29) is 29.6 Å². The summed E-state index contributed by atoms with van der Waals surface area (Å²) in [6, 6.07) is 8.90. The molecule has 0 bridgehead atoms. The summed E-state index contributed by atoms with van der Waals surface area (Å²) in [7, 11) is 0. The number of nitrogens with zero attached hydrogens (tertiary/aromatic N) is 3. The molecule has 0 unspecified atom stereocenters. The van der Waals surface area contributed by atoms with Crippen LogP contribution in [0.1, 0.15) is 28.6 Å². The number of aliphatic imine (C=N–C) groups is 1. The first-order chi connectivity index (χ1) is 13.7. The topological polar surface area (TPSA) is 110 Å². The zero-order valence-electron chi connectivity index (χ0n) is 14.9. The Hall–Kier alpha value is -3.94. The molecular weight excluding hydrogens is 360 g/mol. The maximum absolute atomic E-state index is 12.4. The van der Waals surface area contributed by atoms with E-state index in [1.165, 1.54) is 0 Å². The number of carbonyl (C=O) groups excluding carboxylic acids is 1. The first kappa shape index (κ1) is 17.5. The van der Waals surface area contributed by atoms with Gasteiger partial charge in [-0.25, -0.2) is 19.8 Å². The number of fused-ring (bicyclic) bond motifs is 1. The van der Waals surface area contributed by atoms with E-state index in [1.54, 1.807) is 55.9 Å².